The highest BCUT2D eigenvalue weighted by Gasteiger charge is 2.20. The maximum Gasteiger partial charge on any atom is 0.241 e. The van der Waals surface area contributed by atoms with Crippen LogP contribution in [0.5, 0.6) is 0 Å². The fourth-order valence-electron chi connectivity index (χ4n) is 1.71. The second-order valence-electron chi connectivity index (χ2n) is 4.36. The van der Waals surface area contributed by atoms with E-state index in [0.29, 0.717) is 11.9 Å². The van der Waals surface area contributed by atoms with Gasteiger partial charge in [-0.1, -0.05) is 12.8 Å². The first-order chi connectivity index (χ1) is 8.81. The lowest BCUT2D eigenvalue weighted by Gasteiger charge is -2.06. The van der Waals surface area contributed by atoms with E-state index in [4.69, 9.17) is 11.6 Å². The van der Waals surface area contributed by atoms with E-state index in [1.807, 2.05) is 0 Å². The largest absolute Gasteiger partial charge is 0.354 e. The Labute approximate surface area is 109 Å². The molecule has 6 nitrogen and oxygen atoms in total. The number of nitrogens with one attached hydrogen (secondary N) is 1. The molecule has 0 bridgehead atoms. The lowest BCUT2D eigenvalue weighted by molar-refractivity contribution is 0.753. The highest BCUT2D eigenvalue weighted by molar-refractivity contribution is 6.28. The Balaban J connectivity index is 1.72. The highest BCUT2D eigenvalue weighted by Crippen LogP contribution is 2.31. The molecule has 1 N–H and O–H groups in total. The molecule has 3 rings (SSSR count). The number of imidazole rings is 1. The van der Waals surface area contributed by atoms with E-state index in [1.54, 1.807) is 23.3 Å². The number of hydrogen-bond acceptors (Lipinski definition) is 5. The van der Waals surface area contributed by atoms with E-state index in [0.717, 1.165) is 18.9 Å². The molecule has 0 atom stereocenters. The maximum atomic E-state index is 5.88. The van der Waals surface area contributed by atoms with E-state index in [2.05, 4.69) is 25.3 Å². The van der Waals surface area contributed by atoms with Crippen LogP contribution in [0.15, 0.2) is 18.7 Å². The average molecular weight is 265 g/mol. The van der Waals surface area contributed by atoms with Gasteiger partial charge in [0, 0.05) is 18.9 Å². The van der Waals surface area contributed by atoms with Crippen molar-refractivity contribution >= 4 is 17.5 Å². The standard InChI is InChI=1S/C11H13ClN6/c12-9-15-10(14-4-3-8-1-2-8)17-11(16-9)18-6-5-13-7-18/h5-8H,1-4H2,(H,14,15,16,17). The molecule has 1 aliphatic rings. The van der Waals surface area contributed by atoms with Gasteiger partial charge < -0.3 is 5.32 Å². The van der Waals surface area contributed by atoms with Crippen molar-refractivity contribution in [2.75, 3.05) is 11.9 Å². The molecule has 2 heterocycles. The van der Waals surface area contributed by atoms with E-state index in [9.17, 15) is 0 Å². The molecule has 94 valence electrons. The smallest absolute Gasteiger partial charge is 0.241 e. The van der Waals surface area contributed by atoms with Gasteiger partial charge in [-0.25, -0.2) is 4.98 Å². The third-order valence-electron chi connectivity index (χ3n) is 2.86. The Hall–Kier alpha value is -1.69. The second-order valence-corrected chi connectivity index (χ2v) is 4.69. The molecule has 18 heavy (non-hydrogen) atoms. The van der Waals surface area contributed by atoms with E-state index in [-0.39, 0.29) is 5.28 Å². The quantitative estimate of drug-likeness (QED) is 0.894. The lowest BCUT2D eigenvalue weighted by atomic mass is 10.3. The fraction of sp³-hybridized carbons (Fsp3) is 0.455. The Kier molecular flexibility index (Phi) is 3.10. The van der Waals surface area contributed by atoms with Crippen molar-refractivity contribution in [1.82, 2.24) is 24.5 Å². The molecule has 1 saturated carbocycles. The summed E-state index contributed by atoms with van der Waals surface area (Å²) in [5, 5.41) is 3.36. The predicted octanol–water partition coefficient (Wildman–Crippen LogP) is 1.92. The number of hydrogen-bond donors (Lipinski definition) is 1. The lowest BCUT2D eigenvalue weighted by Crippen LogP contribution is -2.09. The first-order valence-electron chi connectivity index (χ1n) is 5.95. The number of halogens is 1. The third kappa shape index (κ3) is 2.76. The molecule has 0 saturated heterocycles. The molecular weight excluding hydrogens is 252 g/mol. The highest BCUT2D eigenvalue weighted by atomic mass is 35.5. The number of rotatable bonds is 5. The first-order valence-corrected chi connectivity index (χ1v) is 6.33. The van der Waals surface area contributed by atoms with Crippen molar-refractivity contribution in [3.63, 3.8) is 0 Å². The zero-order valence-electron chi connectivity index (χ0n) is 9.75. The molecule has 2 aromatic heterocycles. The topological polar surface area (TPSA) is 68.5 Å². The summed E-state index contributed by atoms with van der Waals surface area (Å²) in [5.74, 6) is 1.86. The molecular formula is C11H13ClN6. The van der Waals surface area contributed by atoms with Crippen molar-refractivity contribution in [1.29, 1.82) is 0 Å². The average Bonchev–Trinajstić information content (AvgIpc) is 3.01. The molecule has 0 spiro atoms. The maximum absolute atomic E-state index is 5.88. The summed E-state index contributed by atoms with van der Waals surface area (Å²) >= 11 is 5.88. The van der Waals surface area contributed by atoms with Crippen LogP contribution in [-0.4, -0.2) is 31.0 Å². The van der Waals surface area contributed by atoms with Gasteiger partial charge in [0.15, 0.2) is 0 Å². The Morgan fingerprint density at radius 2 is 2.22 bits per heavy atom. The minimum Gasteiger partial charge on any atom is -0.354 e. The second kappa shape index (κ2) is 4.89. The van der Waals surface area contributed by atoms with Crippen LogP contribution in [0.2, 0.25) is 5.28 Å². The first kappa shape index (κ1) is 11.4. The normalized spacial score (nSPS) is 14.7. The van der Waals surface area contributed by atoms with Crippen LogP contribution in [0.3, 0.4) is 0 Å². The number of aromatic nitrogens is 5. The summed E-state index contributed by atoms with van der Waals surface area (Å²) in [5.41, 5.74) is 0. The van der Waals surface area contributed by atoms with Gasteiger partial charge in [0.1, 0.15) is 6.33 Å². The molecule has 0 unspecified atom stereocenters. The summed E-state index contributed by atoms with van der Waals surface area (Å²) < 4.78 is 1.69. The molecule has 0 radical (unpaired) electrons. The summed E-state index contributed by atoms with van der Waals surface area (Å²) in [6.07, 6.45) is 8.90. The Morgan fingerprint density at radius 1 is 1.33 bits per heavy atom. The summed E-state index contributed by atoms with van der Waals surface area (Å²) in [6, 6.07) is 0. The van der Waals surface area contributed by atoms with Gasteiger partial charge in [0.2, 0.25) is 17.2 Å². The number of nitrogens with zero attached hydrogens (tertiary/aromatic N) is 5. The third-order valence-corrected chi connectivity index (χ3v) is 3.03. The molecule has 0 aromatic carbocycles. The van der Waals surface area contributed by atoms with E-state index < -0.39 is 0 Å². The van der Waals surface area contributed by atoms with Gasteiger partial charge >= 0.3 is 0 Å². The van der Waals surface area contributed by atoms with Crippen LogP contribution in [0.25, 0.3) is 5.95 Å². The van der Waals surface area contributed by atoms with Gasteiger partial charge in [-0.2, -0.15) is 15.0 Å². The number of anilines is 1. The van der Waals surface area contributed by atoms with Crippen molar-refractivity contribution in [2.24, 2.45) is 5.92 Å². The van der Waals surface area contributed by atoms with Gasteiger partial charge in [-0.05, 0) is 23.9 Å². The molecule has 1 fully saturated rings. The molecule has 2 aromatic rings. The van der Waals surface area contributed by atoms with Crippen LogP contribution in [0.1, 0.15) is 19.3 Å². The van der Waals surface area contributed by atoms with Gasteiger partial charge in [0.05, 0.1) is 0 Å². The predicted molar refractivity (Wildman–Crippen MR) is 67.8 cm³/mol. The zero-order valence-corrected chi connectivity index (χ0v) is 10.5. The van der Waals surface area contributed by atoms with Gasteiger partial charge in [-0.15, -0.1) is 0 Å². The van der Waals surface area contributed by atoms with Crippen molar-refractivity contribution < 1.29 is 0 Å². The molecule has 7 heteroatoms. The summed E-state index contributed by atoms with van der Waals surface area (Å²) in [4.78, 5) is 16.4. The van der Waals surface area contributed by atoms with Crippen molar-refractivity contribution in [2.45, 2.75) is 19.3 Å². The zero-order chi connectivity index (χ0) is 12.4. The van der Waals surface area contributed by atoms with Crippen LogP contribution in [0.4, 0.5) is 5.95 Å². The molecule has 0 aliphatic heterocycles. The Morgan fingerprint density at radius 3 is 2.94 bits per heavy atom. The fourth-order valence-corrected chi connectivity index (χ4v) is 1.86. The van der Waals surface area contributed by atoms with Crippen LogP contribution < -0.4 is 5.32 Å². The summed E-state index contributed by atoms with van der Waals surface area (Å²) in [7, 11) is 0. The minimum absolute atomic E-state index is 0.183. The van der Waals surface area contributed by atoms with Crippen molar-refractivity contribution in [3.05, 3.63) is 24.0 Å². The van der Waals surface area contributed by atoms with Crippen LogP contribution in [-0.2, 0) is 0 Å². The molecule has 0 amide bonds. The molecule has 1 aliphatic carbocycles. The van der Waals surface area contributed by atoms with Gasteiger partial charge in [-0.3, -0.25) is 4.57 Å². The minimum atomic E-state index is 0.183. The van der Waals surface area contributed by atoms with Crippen LogP contribution >= 0.6 is 11.6 Å². The van der Waals surface area contributed by atoms with Gasteiger partial charge in [0.25, 0.3) is 0 Å². The van der Waals surface area contributed by atoms with Crippen LogP contribution in [0, 0.1) is 5.92 Å². The Bertz CT molecular complexity index is 522. The summed E-state index contributed by atoms with van der Waals surface area (Å²) in [6.45, 7) is 0.869. The van der Waals surface area contributed by atoms with Crippen molar-refractivity contribution in [3.8, 4) is 5.95 Å². The van der Waals surface area contributed by atoms with E-state index in [1.165, 1.54) is 12.8 Å². The SMILES string of the molecule is Clc1nc(NCCC2CC2)nc(-n2ccnc2)n1. The monoisotopic (exact) mass is 264 g/mol. The van der Waals surface area contributed by atoms with E-state index >= 15 is 0 Å².